The first-order chi connectivity index (χ1) is 9.20. The second kappa shape index (κ2) is 5.91. The van der Waals surface area contributed by atoms with E-state index in [1.165, 1.54) is 31.0 Å². The molecule has 98 valence electrons. The summed E-state index contributed by atoms with van der Waals surface area (Å²) in [4.78, 5) is 30.7. The Balaban J connectivity index is 2.04. The van der Waals surface area contributed by atoms with Crippen molar-refractivity contribution in [3.05, 3.63) is 35.6 Å². The van der Waals surface area contributed by atoms with E-state index in [2.05, 4.69) is 25.3 Å². The number of methoxy groups -OCH3 is 1. The third kappa shape index (κ3) is 3.26. The average Bonchev–Trinajstić information content (AvgIpc) is 2.87. The number of ether oxygens (including phenoxy) is 1. The molecule has 2 heterocycles. The van der Waals surface area contributed by atoms with Crippen molar-refractivity contribution in [2.45, 2.75) is 0 Å². The zero-order chi connectivity index (χ0) is 13.7. The monoisotopic (exact) mass is 278 g/mol. The number of amides is 2. The fourth-order valence-corrected chi connectivity index (χ4v) is 2.06. The minimum absolute atomic E-state index is 0.310. The Morgan fingerprint density at radius 2 is 2.16 bits per heavy atom. The van der Waals surface area contributed by atoms with Gasteiger partial charge in [-0.3, -0.25) is 10.6 Å². The molecule has 0 bridgehead atoms. The normalized spacial score (nSPS) is 9.74. The second-order valence-electron chi connectivity index (χ2n) is 3.33. The topological polar surface area (TPSA) is 93.2 Å². The quantitative estimate of drug-likeness (QED) is 0.837. The van der Waals surface area contributed by atoms with Crippen LogP contribution >= 0.6 is 11.3 Å². The Hall–Kier alpha value is -2.48. The Bertz CT molecular complexity index is 585. The van der Waals surface area contributed by atoms with E-state index in [4.69, 9.17) is 0 Å². The van der Waals surface area contributed by atoms with Crippen molar-refractivity contribution in [3.63, 3.8) is 0 Å². The maximum atomic E-state index is 11.7. The Labute approximate surface area is 112 Å². The molecular weight excluding hydrogens is 268 g/mol. The van der Waals surface area contributed by atoms with Crippen LogP contribution in [0.1, 0.15) is 10.4 Å². The highest BCUT2D eigenvalue weighted by Gasteiger charge is 2.15. The van der Waals surface area contributed by atoms with Gasteiger partial charge in [-0.2, -0.15) is 0 Å². The number of nitrogens with zero attached hydrogens (tertiary/aromatic N) is 2. The molecule has 0 saturated heterocycles. The van der Waals surface area contributed by atoms with Crippen LogP contribution in [0.5, 0.6) is 0 Å². The van der Waals surface area contributed by atoms with Gasteiger partial charge in [0.15, 0.2) is 0 Å². The van der Waals surface area contributed by atoms with Gasteiger partial charge in [-0.15, -0.1) is 11.3 Å². The van der Waals surface area contributed by atoms with Crippen LogP contribution in [-0.4, -0.2) is 29.1 Å². The summed E-state index contributed by atoms with van der Waals surface area (Å²) in [5, 5.41) is 7.18. The maximum Gasteiger partial charge on any atom is 0.340 e. The van der Waals surface area contributed by atoms with Crippen LogP contribution < -0.4 is 10.6 Å². The number of carbonyl (C=O) groups excluding carboxylic acids is 2. The van der Waals surface area contributed by atoms with E-state index in [1.54, 1.807) is 17.5 Å². The molecule has 8 heteroatoms. The number of rotatable bonds is 3. The second-order valence-corrected chi connectivity index (χ2v) is 4.24. The number of thiophene rings is 1. The van der Waals surface area contributed by atoms with Gasteiger partial charge in [-0.25, -0.2) is 19.6 Å². The summed E-state index contributed by atoms with van der Waals surface area (Å²) in [7, 11) is 1.28. The van der Waals surface area contributed by atoms with Crippen LogP contribution in [-0.2, 0) is 4.74 Å². The highest BCUT2D eigenvalue weighted by atomic mass is 32.1. The molecule has 0 aliphatic rings. The fourth-order valence-electron chi connectivity index (χ4n) is 1.29. The van der Waals surface area contributed by atoms with E-state index < -0.39 is 12.0 Å². The highest BCUT2D eigenvalue weighted by molar-refractivity contribution is 7.14. The van der Waals surface area contributed by atoms with E-state index in [0.29, 0.717) is 16.4 Å². The molecule has 2 amide bonds. The zero-order valence-electron chi connectivity index (χ0n) is 9.91. The van der Waals surface area contributed by atoms with Gasteiger partial charge in [-0.05, 0) is 17.5 Å². The highest BCUT2D eigenvalue weighted by Crippen LogP contribution is 2.23. The van der Waals surface area contributed by atoms with Crippen molar-refractivity contribution in [1.29, 1.82) is 0 Å². The Morgan fingerprint density at radius 1 is 1.32 bits per heavy atom. The van der Waals surface area contributed by atoms with Gasteiger partial charge in [0.25, 0.3) is 0 Å². The molecule has 0 radical (unpaired) electrons. The molecule has 2 aromatic heterocycles. The number of aromatic nitrogens is 2. The Morgan fingerprint density at radius 3 is 2.84 bits per heavy atom. The summed E-state index contributed by atoms with van der Waals surface area (Å²) >= 11 is 1.23. The first-order valence-electron chi connectivity index (χ1n) is 5.20. The number of carbonyl (C=O) groups is 2. The predicted octanol–water partition coefficient (Wildman–Crippen LogP) is 1.97. The lowest BCUT2D eigenvalue weighted by molar-refractivity contribution is 0.0602. The van der Waals surface area contributed by atoms with Gasteiger partial charge in [0.05, 0.1) is 12.7 Å². The van der Waals surface area contributed by atoms with Crippen LogP contribution in [0.2, 0.25) is 0 Å². The van der Waals surface area contributed by atoms with E-state index in [0.717, 1.165) is 0 Å². The number of nitrogens with one attached hydrogen (secondary N) is 2. The van der Waals surface area contributed by atoms with Crippen LogP contribution in [0.3, 0.4) is 0 Å². The van der Waals surface area contributed by atoms with Crippen molar-refractivity contribution in [2.24, 2.45) is 0 Å². The number of urea groups is 1. The molecule has 0 atom stereocenters. The lowest BCUT2D eigenvalue weighted by Crippen LogP contribution is -2.20. The van der Waals surface area contributed by atoms with Gasteiger partial charge in [-0.1, -0.05) is 0 Å². The van der Waals surface area contributed by atoms with Crippen molar-refractivity contribution in [1.82, 2.24) is 9.97 Å². The smallest absolute Gasteiger partial charge is 0.340 e. The number of anilines is 2. The van der Waals surface area contributed by atoms with Gasteiger partial charge in [0.1, 0.15) is 17.1 Å². The molecular formula is C11H10N4O3S. The third-order valence-corrected chi connectivity index (χ3v) is 2.95. The molecule has 0 saturated carbocycles. The molecule has 19 heavy (non-hydrogen) atoms. The van der Waals surface area contributed by atoms with Gasteiger partial charge < -0.3 is 4.74 Å². The molecule has 2 rings (SSSR count). The van der Waals surface area contributed by atoms with Crippen LogP contribution in [0.15, 0.2) is 30.0 Å². The molecule has 7 nitrogen and oxygen atoms in total. The SMILES string of the molecule is COC(=O)c1ccsc1NC(=O)Nc1ccncn1. The third-order valence-electron chi connectivity index (χ3n) is 2.12. The first-order valence-corrected chi connectivity index (χ1v) is 6.08. The molecule has 2 aromatic rings. The summed E-state index contributed by atoms with van der Waals surface area (Å²) in [5.74, 6) is -0.137. The number of hydrogen-bond acceptors (Lipinski definition) is 6. The lowest BCUT2D eigenvalue weighted by atomic mass is 10.3. The van der Waals surface area contributed by atoms with Crippen molar-refractivity contribution >= 4 is 34.2 Å². The van der Waals surface area contributed by atoms with E-state index >= 15 is 0 Å². The molecule has 0 unspecified atom stereocenters. The maximum absolute atomic E-state index is 11.7. The molecule has 2 N–H and O–H groups in total. The number of hydrogen-bond donors (Lipinski definition) is 2. The summed E-state index contributed by atoms with van der Waals surface area (Å²) < 4.78 is 4.61. The first kappa shape index (κ1) is 13.0. The lowest BCUT2D eigenvalue weighted by Gasteiger charge is -2.06. The standard InChI is InChI=1S/C11H10N4O3S/c1-18-10(16)7-3-5-19-9(7)15-11(17)14-8-2-4-12-6-13-8/h2-6H,1H3,(H2,12,13,14,15,17). The van der Waals surface area contributed by atoms with E-state index in [-0.39, 0.29) is 0 Å². The van der Waals surface area contributed by atoms with Crippen LogP contribution in [0.4, 0.5) is 15.6 Å². The summed E-state index contributed by atoms with van der Waals surface area (Å²) in [6, 6.07) is 2.64. The minimum Gasteiger partial charge on any atom is -0.465 e. The van der Waals surface area contributed by atoms with Crippen molar-refractivity contribution in [3.8, 4) is 0 Å². The zero-order valence-corrected chi connectivity index (χ0v) is 10.7. The van der Waals surface area contributed by atoms with E-state index in [9.17, 15) is 9.59 Å². The van der Waals surface area contributed by atoms with Crippen molar-refractivity contribution < 1.29 is 14.3 Å². The molecule has 0 aliphatic carbocycles. The Kier molecular flexibility index (Phi) is 4.04. The van der Waals surface area contributed by atoms with Gasteiger partial charge in [0.2, 0.25) is 0 Å². The summed E-state index contributed by atoms with van der Waals surface area (Å²) in [6.07, 6.45) is 2.83. The predicted molar refractivity (Wildman–Crippen MR) is 70.3 cm³/mol. The van der Waals surface area contributed by atoms with E-state index in [1.807, 2.05) is 0 Å². The molecule has 0 spiro atoms. The van der Waals surface area contributed by atoms with Crippen LogP contribution in [0, 0.1) is 0 Å². The van der Waals surface area contributed by atoms with Crippen molar-refractivity contribution in [2.75, 3.05) is 17.7 Å². The van der Waals surface area contributed by atoms with Crippen LogP contribution in [0.25, 0.3) is 0 Å². The average molecular weight is 278 g/mol. The molecule has 0 aromatic carbocycles. The number of esters is 1. The summed E-state index contributed by atoms with van der Waals surface area (Å²) in [6.45, 7) is 0. The van der Waals surface area contributed by atoms with Gasteiger partial charge >= 0.3 is 12.0 Å². The van der Waals surface area contributed by atoms with Gasteiger partial charge in [0, 0.05) is 6.20 Å². The molecule has 0 aliphatic heterocycles. The summed E-state index contributed by atoms with van der Waals surface area (Å²) in [5.41, 5.74) is 0.310. The largest absolute Gasteiger partial charge is 0.465 e. The minimum atomic E-state index is -0.501. The molecule has 0 fully saturated rings. The fraction of sp³-hybridized carbons (Fsp3) is 0.0909.